The summed E-state index contributed by atoms with van der Waals surface area (Å²) in [5.74, 6) is -0.0369. The van der Waals surface area contributed by atoms with Gasteiger partial charge in [-0.05, 0) is 13.3 Å². The number of thiol groups is 1. The van der Waals surface area contributed by atoms with E-state index in [1.807, 2.05) is 20.8 Å². The van der Waals surface area contributed by atoms with Crippen LogP contribution in [0.3, 0.4) is 0 Å². The molecule has 17 heavy (non-hydrogen) atoms. The topological polar surface area (TPSA) is 58.6 Å². The molecule has 0 heterocycles. The predicted octanol–water partition coefficient (Wildman–Crippen LogP) is 1.23. The number of carbonyl (C=O) groups excluding carboxylic acids is 1. The van der Waals surface area contributed by atoms with E-state index in [0.29, 0.717) is 13.2 Å². The van der Waals surface area contributed by atoms with Gasteiger partial charge in [0.05, 0.1) is 19.3 Å². The van der Waals surface area contributed by atoms with E-state index in [0.717, 1.165) is 6.42 Å². The summed E-state index contributed by atoms with van der Waals surface area (Å²) in [7, 11) is 0. The zero-order chi connectivity index (χ0) is 13.5. The molecule has 0 spiro atoms. The Morgan fingerprint density at radius 1 is 1.47 bits per heavy atom. The van der Waals surface area contributed by atoms with Crippen molar-refractivity contribution in [3.05, 3.63) is 0 Å². The number of carbonyl (C=O) groups is 1. The van der Waals surface area contributed by atoms with Crippen molar-refractivity contribution in [2.75, 3.05) is 19.8 Å². The number of hydrogen-bond acceptors (Lipinski definition) is 4. The molecule has 2 unspecified atom stereocenters. The van der Waals surface area contributed by atoms with Crippen LogP contribution < -0.4 is 5.32 Å². The van der Waals surface area contributed by atoms with E-state index in [9.17, 15) is 4.79 Å². The van der Waals surface area contributed by atoms with Crippen molar-refractivity contribution < 1.29 is 14.6 Å². The van der Waals surface area contributed by atoms with Crippen LogP contribution >= 0.6 is 12.6 Å². The van der Waals surface area contributed by atoms with Crippen LogP contribution in [0.1, 0.15) is 34.1 Å². The summed E-state index contributed by atoms with van der Waals surface area (Å²) in [6, 6.07) is 0. The van der Waals surface area contributed by atoms with Gasteiger partial charge in [0.1, 0.15) is 0 Å². The van der Waals surface area contributed by atoms with E-state index in [1.54, 1.807) is 6.92 Å². The second-order valence-electron chi connectivity index (χ2n) is 5.07. The highest BCUT2D eigenvalue weighted by molar-refractivity contribution is 7.81. The number of nitrogens with one attached hydrogen (secondary N) is 1. The molecule has 0 saturated carbocycles. The zero-order valence-corrected chi connectivity index (χ0v) is 12.1. The molecule has 0 aromatic rings. The van der Waals surface area contributed by atoms with Gasteiger partial charge in [-0.3, -0.25) is 4.79 Å². The van der Waals surface area contributed by atoms with Crippen molar-refractivity contribution in [1.82, 2.24) is 5.32 Å². The maximum absolute atomic E-state index is 11.7. The van der Waals surface area contributed by atoms with E-state index in [1.165, 1.54) is 0 Å². The molecule has 0 aliphatic rings. The first-order chi connectivity index (χ1) is 7.76. The molecule has 0 rings (SSSR count). The fourth-order valence-electron chi connectivity index (χ4n) is 1.50. The van der Waals surface area contributed by atoms with Crippen LogP contribution in [0, 0.1) is 5.92 Å². The van der Waals surface area contributed by atoms with Crippen LogP contribution in [-0.2, 0) is 9.53 Å². The van der Waals surface area contributed by atoms with Crippen LogP contribution in [0.15, 0.2) is 0 Å². The first kappa shape index (κ1) is 16.7. The van der Waals surface area contributed by atoms with Crippen molar-refractivity contribution in [2.24, 2.45) is 5.92 Å². The summed E-state index contributed by atoms with van der Waals surface area (Å²) < 4.78 is 5.10. The molecule has 1 amide bonds. The van der Waals surface area contributed by atoms with Gasteiger partial charge in [-0.15, -0.1) is 0 Å². The molecule has 0 bridgehead atoms. The molecule has 2 N–H and O–H groups in total. The van der Waals surface area contributed by atoms with Gasteiger partial charge in [0.2, 0.25) is 5.91 Å². The Kier molecular flexibility index (Phi) is 7.83. The highest BCUT2D eigenvalue weighted by atomic mass is 32.1. The van der Waals surface area contributed by atoms with Gasteiger partial charge in [0, 0.05) is 17.2 Å². The summed E-state index contributed by atoms with van der Waals surface area (Å²) >= 11 is 4.41. The summed E-state index contributed by atoms with van der Waals surface area (Å²) in [6.07, 6.45) is 0.552. The van der Waals surface area contributed by atoms with Gasteiger partial charge in [-0.25, -0.2) is 0 Å². The minimum Gasteiger partial charge on any atom is -0.394 e. The molecule has 2 atom stereocenters. The summed E-state index contributed by atoms with van der Waals surface area (Å²) in [4.78, 5) is 11.7. The van der Waals surface area contributed by atoms with Gasteiger partial charge in [-0.2, -0.15) is 12.6 Å². The van der Waals surface area contributed by atoms with Crippen LogP contribution in [0.2, 0.25) is 0 Å². The number of amides is 1. The molecular formula is C12H25NO3S. The van der Waals surface area contributed by atoms with E-state index >= 15 is 0 Å². The van der Waals surface area contributed by atoms with Crippen molar-refractivity contribution in [3.8, 4) is 0 Å². The molecule has 0 fully saturated rings. The lowest BCUT2D eigenvalue weighted by Gasteiger charge is -2.21. The van der Waals surface area contributed by atoms with E-state index in [-0.39, 0.29) is 29.3 Å². The summed E-state index contributed by atoms with van der Waals surface area (Å²) in [6.45, 7) is 8.55. The van der Waals surface area contributed by atoms with E-state index in [2.05, 4.69) is 17.9 Å². The fourth-order valence-corrected chi connectivity index (χ4v) is 1.78. The van der Waals surface area contributed by atoms with Crippen molar-refractivity contribution in [1.29, 1.82) is 0 Å². The zero-order valence-electron chi connectivity index (χ0n) is 11.2. The highest BCUT2D eigenvalue weighted by Gasteiger charge is 2.21. The van der Waals surface area contributed by atoms with Gasteiger partial charge < -0.3 is 15.2 Å². The maximum Gasteiger partial charge on any atom is 0.222 e. The average molecular weight is 263 g/mol. The number of hydrogen-bond donors (Lipinski definition) is 3. The maximum atomic E-state index is 11.7. The largest absolute Gasteiger partial charge is 0.394 e. The predicted molar refractivity (Wildman–Crippen MR) is 72.4 cm³/mol. The Hall–Kier alpha value is -0.260. The average Bonchev–Trinajstić information content (AvgIpc) is 2.21. The highest BCUT2D eigenvalue weighted by Crippen LogP contribution is 2.22. The van der Waals surface area contributed by atoms with Crippen LogP contribution in [0.4, 0.5) is 0 Å². The number of aliphatic hydroxyl groups excluding tert-OH is 1. The van der Waals surface area contributed by atoms with Gasteiger partial charge >= 0.3 is 0 Å². The molecule has 0 aliphatic heterocycles. The molecular weight excluding hydrogens is 238 g/mol. The normalized spacial score (nSPS) is 15.4. The Labute approximate surface area is 110 Å². The van der Waals surface area contributed by atoms with Crippen molar-refractivity contribution >= 4 is 18.5 Å². The molecule has 5 heteroatoms. The first-order valence-electron chi connectivity index (χ1n) is 5.99. The smallest absolute Gasteiger partial charge is 0.222 e. The summed E-state index contributed by atoms with van der Waals surface area (Å²) in [5, 5.41) is 11.5. The van der Waals surface area contributed by atoms with Gasteiger partial charge in [0.25, 0.3) is 0 Å². The lowest BCUT2D eigenvalue weighted by molar-refractivity contribution is -0.125. The fraction of sp³-hybridized carbons (Fsp3) is 0.917. The number of rotatable bonds is 8. The Bertz CT molecular complexity index is 228. The van der Waals surface area contributed by atoms with Crippen molar-refractivity contribution in [2.45, 2.75) is 45.0 Å². The molecule has 0 saturated heterocycles. The monoisotopic (exact) mass is 263 g/mol. The molecule has 102 valence electrons. The lowest BCUT2D eigenvalue weighted by atomic mass is 9.97. The molecule has 0 aromatic heterocycles. The summed E-state index contributed by atoms with van der Waals surface area (Å²) in [5.41, 5.74) is 0. The molecule has 4 nitrogen and oxygen atoms in total. The lowest BCUT2D eigenvalue weighted by Crippen LogP contribution is -2.35. The van der Waals surface area contributed by atoms with Gasteiger partial charge in [-0.1, -0.05) is 20.8 Å². The Morgan fingerprint density at radius 2 is 2.06 bits per heavy atom. The van der Waals surface area contributed by atoms with Crippen molar-refractivity contribution in [3.63, 3.8) is 0 Å². The van der Waals surface area contributed by atoms with E-state index < -0.39 is 0 Å². The third-order valence-corrected chi connectivity index (χ3v) is 2.50. The van der Waals surface area contributed by atoms with Gasteiger partial charge in [0.15, 0.2) is 0 Å². The Balaban J connectivity index is 3.72. The van der Waals surface area contributed by atoms with Crippen LogP contribution in [0.25, 0.3) is 0 Å². The number of ether oxygens (including phenoxy) is 1. The molecule has 0 aromatic carbocycles. The SMILES string of the molecule is CC(CO)OCCNC(=O)C(C)CC(C)(C)S. The molecule has 0 radical (unpaired) electrons. The minimum absolute atomic E-state index is 0.00179. The third kappa shape index (κ3) is 9.44. The quantitative estimate of drug-likeness (QED) is 0.456. The number of aliphatic hydroxyl groups is 1. The second kappa shape index (κ2) is 7.95. The molecule has 0 aliphatic carbocycles. The first-order valence-corrected chi connectivity index (χ1v) is 6.43. The van der Waals surface area contributed by atoms with Crippen LogP contribution in [0.5, 0.6) is 0 Å². The standard InChI is InChI=1S/C12H25NO3S/c1-9(7-12(3,4)17)11(15)13-5-6-16-10(2)8-14/h9-10,14,17H,5-8H2,1-4H3,(H,13,15). The Morgan fingerprint density at radius 3 is 2.53 bits per heavy atom. The minimum atomic E-state index is -0.180. The third-order valence-electron chi connectivity index (χ3n) is 2.31. The second-order valence-corrected chi connectivity index (χ2v) is 6.28. The van der Waals surface area contributed by atoms with Crippen LogP contribution in [-0.4, -0.2) is 41.6 Å². The van der Waals surface area contributed by atoms with E-state index in [4.69, 9.17) is 9.84 Å².